The van der Waals surface area contributed by atoms with Gasteiger partial charge in [-0.3, -0.25) is 0 Å². The molecule has 0 aliphatic carbocycles. The average molecular weight is 422 g/mol. The topological polar surface area (TPSA) is 64.3 Å². The second-order valence-corrected chi connectivity index (χ2v) is 8.61. The molecule has 2 heterocycles. The molecule has 0 saturated heterocycles. The fourth-order valence-electron chi connectivity index (χ4n) is 3.90. The Balaban J connectivity index is 1.47. The molecule has 1 aromatic carbocycles. The second kappa shape index (κ2) is 10.8. The van der Waals surface area contributed by atoms with Crippen molar-refractivity contribution in [3.63, 3.8) is 0 Å². The predicted molar refractivity (Wildman–Crippen MR) is 131 cm³/mol. The van der Waals surface area contributed by atoms with Crippen LogP contribution in [0.1, 0.15) is 33.1 Å². The minimum atomic E-state index is 0.0229. The number of aromatic nitrogens is 2. The van der Waals surface area contributed by atoms with E-state index >= 15 is 0 Å². The maximum absolute atomic E-state index is 11.7. The van der Waals surface area contributed by atoms with Crippen LogP contribution in [-0.2, 0) is 4.79 Å². The Morgan fingerprint density at radius 1 is 1.10 bits per heavy atom. The zero-order chi connectivity index (χ0) is 22.2. The average Bonchev–Trinajstić information content (AvgIpc) is 3.20. The highest BCUT2D eigenvalue weighted by atomic mass is 16.1. The van der Waals surface area contributed by atoms with Gasteiger partial charge in [0.1, 0.15) is 12.1 Å². The summed E-state index contributed by atoms with van der Waals surface area (Å²) < 4.78 is 0. The highest BCUT2D eigenvalue weighted by molar-refractivity contribution is 5.84. The molecule has 0 radical (unpaired) electrons. The van der Waals surface area contributed by atoms with Crippen LogP contribution in [0.2, 0.25) is 0 Å². The van der Waals surface area contributed by atoms with Crippen LogP contribution in [0.25, 0.3) is 10.9 Å². The van der Waals surface area contributed by atoms with Crippen molar-refractivity contribution in [3.05, 3.63) is 48.7 Å². The van der Waals surface area contributed by atoms with E-state index in [2.05, 4.69) is 70.2 Å². The Hall–Kier alpha value is -3.02. The lowest BCUT2D eigenvalue weighted by molar-refractivity contribution is -0.111. The quantitative estimate of drug-likeness (QED) is 0.320. The standard InChI is InChI=1S/C25H35N5O/c1-19(2)27-23-13-9-14-26-25(23)29(3)15-8-7-10-20(18-31)17-30(4)24-16-21-11-5-6-12-22(21)28-24/h5-6,9,11-14,16,18-20,27-28H,7-8,10,15,17H2,1-4H3. The largest absolute Gasteiger partial charge is 0.380 e. The van der Waals surface area contributed by atoms with E-state index in [0.717, 1.165) is 61.5 Å². The molecule has 6 heteroatoms. The van der Waals surface area contributed by atoms with E-state index in [0.29, 0.717) is 6.04 Å². The number of unbranched alkanes of at least 4 members (excludes halogenated alkanes) is 1. The van der Waals surface area contributed by atoms with Gasteiger partial charge in [-0.25, -0.2) is 4.98 Å². The molecule has 2 N–H and O–H groups in total. The van der Waals surface area contributed by atoms with Gasteiger partial charge in [-0.1, -0.05) is 24.6 Å². The van der Waals surface area contributed by atoms with Gasteiger partial charge in [-0.05, 0) is 51.0 Å². The minimum Gasteiger partial charge on any atom is -0.380 e. The van der Waals surface area contributed by atoms with Crippen molar-refractivity contribution in [2.24, 2.45) is 5.92 Å². The van der Waals surface area contributed by atoms with Gasteiger partial charge in [0.05, 0.1) is 5.69 Å². The molecule has 1 atom stereocenters. The number of fused-ring (bicyclic) bond motifs is 1. The van der Waals surface area contributed by atoms with E-state index in [9.17, 15) is 4.79 Å². The summed E-state index contributed by atoms with van der Waals surface area (Å²) in [4.78, 5) is 24.0. The Morgan fingerprint density at radius 2 is 1.90 bits per heavy atom. The predicted octanol–water partition coefficient (Wildman–Crippen LogP) is 4.94. The molecule has 6 nitrogen and oxygen atoms in total. The van der Waals surface area contributed by atoms with Crippen molar-refractivity contribution in [2.45, 2.75) is 39.2 Å². The summed E-state index contributed by atoms with van der Waals surface area (Å²) in [7, 11) is 4.12. The first-order valence-electron chi connectivity index (χ1n) is 11.1. The van der Waals surface area contributed by atoms with Crippen molar-refractivity contribution in [2.75, 3.05) is 42.3 Å². The van der Waals surface area contributed by atoms with Crippen molar-refractivity contribution in [1.82, 2.24) is 9.97 Å². The SMILES string of the molecule is CC(C)Nc1cccnc1N(C)CCCCC(C=O)CN(C)c1cc2ccccc2[nH]1. The van der Waals surface area contributed by atoms with Crippen LogP contribution in [0.5, 0.6) is 0 Å². The minimum absolute atomic E-state index is 0.0229. The number of H-pyrrole nitrogens is 1. The third-order valence-electron chi connectivity index (χ3n) is 5.54. The fourth-order valence-corrected chi connectivity index (χ4v) is 3.90. The van der Waals surface area contributed by atoms with Crippen molar-refractivity contribution < 1.29 is 4.79 Å². The molecule has 3 rings (SSSR count). The second-order valence-electron chi connectivity index (χ2n) is 8.61. The van der Waals surface area contributed by atoms with E-state index in [1.807, 2.05) is 31.4 Å². The molecular weight excluding hydrogens is 386 g/mol. The van der Waals surface area contributed by atoms with Gasteiger partial charge in [0.2, 0.25) is 0 Å². The van der Waals surface area contributed by atoms with Crippen molar-refractivity contribution >= 4 is 34.5 Å². The summed E-state index contributed by atoms with van der Waals surface area (Å²) in [5.74, 6) is 2.05. The van der Waals surface area contributed by atoms with Crippen LogP contribution in [0.3, 0.4) is 0 Å². The summed E-state index contributed by atoms with van der Waals surface area (Å²) in [6.45, 7) is 5.88. The van der Waals surface area contributed by atoms with Crippen molar-refractivity contribution in [3.8, 4) is 0 Å². The number of aromatic amines is 1. The Morgan fingerprint density at radius 3 is 2.65 bits per heavy atom. The molecule has 31 heavy (non-hydrogen) atoms. The Kier molecular flexibility index (Phi) is 7.93. The molecule has 0 bridgehead atoms. The summed E-state index contributed by atoms with van der Waals surface area (Å²) >= 11 is 0. The molecule has 1 unspecified atom stereocenters. The van der Waals surface area contributed by atoms with Crippen LogP contribution in [-0.4, -0.2) is 49.5 Å². The van der Waals surface area contributed by atoms with E-state index in [1.54, 1.807) is 0 Å². The molecule has 0 aliphatic rings. The number of aldehydes is 1. The third-order valence-corrected chi connectivity index (χ3v) is 5.54. The monoisotopic (exact) mass is 421 g/mol. The Bertz CT molecular complexity index is 934. The van der Waals surface area contributed by atoms with Crippen LogP contribution in [0.15, 0.2) is 48.7 Å². The number of nitrogens with one attached hydrogen (secondary N) is 2. The van der Waals surface area contributed by atoms with Gasteiger partial charge in [-0.15, -0.1) is 0 Å². The number of hydrogen-bond acceptors (Lipinski definition) is 5. The number of carbonyl (C=O) groups excluding carboxylic acids is 1. The number of nitrogens with zero attached hydrogens (tertiary/aromatic N) is 3. The molecule has 0 saturated carbocycles. The van der Waals surface area contributed by atoms with E-state index in [-0.39, 0.29) is 5.92 Å². The summed E-state index contributed by atoms with van der Waals surface area (Å²) in [5.41, 5.74) is 2.18. The first-order chi connectivity index (χ1) is 15.0. The Labute approximate surface area is 185 Å². The first kappa shape index (κ1) is 22.7. The number of rotatable bonds is 12. The van der Waals surface area contributed by atoms with Gasteiger partial charge in [0, 0.05) is 56.2 Å². The smallest absolute Gasteiger partial charge is 0.151 e. The zero-order valence-electron chi connectivity index (χ0n) is 19.1. The summed E-state index contributed by atoms with van der Waals surface area (Å²) in [6.07, 6.45) is 5.86. The van der Waals surface area contributed by atoms with Gasteiger partial charge in [0.25, 0.3) is 0 Å². The third kappa shape index (κ3) is 6.23. The zero-order valence-corrected chi connectivity index (χ0v) is 19.1. The van der Waals surface area contributed by atoms with Crippen LogP contribution in [0, 0.1) is 5.92 Å². The van der Waals surface area contributed by atoms with Gasteiger partial charge in [-0.2, -0.15) is 0 Å². The normalized spacial score (nSPS) is 12.2. The number of anilines is 3. The van der Waals surface area contributed by atoms with Gasteiger partial charge < -0.3 is 24.9 Å². The number of pyridine rings is 1. The lowest BCUT2D eigenvalue weighted by Gasteiger charge is -2.23. The molecule has 0 fully saturated rings. The number of para-hydroxylation sites is 1. The van der Waals surface area contributed by atoms with E-state index in [4.69, 9.17) is 0 Å². The molecule has 2 aromatic heterocycles. The van der Waals surface area contributed by atoms with Crippen molar-refractivity contribution in [1.29, 1.82) is 0 Å². The molecule has 0 amide bonds. The van der Waals surface area contributed by atoms with Gasteiger partial charge in [0.15, 0.2) is 5.82 Å². The summed E-state index contributed by atoms with van der Waals surface area (Å²) in [6, 6.07) is 14.8. The molecule has 166 valence electrons. The molecular formula is C25H35N5O. The number of benzene rings is 1. The maximum atomic E-state index is 11.7. The van der Waals surface area contributed by atoms with Crippen LogP contribution >= 0.6 is 0 Å². The number of hydrogen-bond donors (Lipinski definition) is 2. The van der Waals surface area contributed by atoms with Crippen LogP contribution < -0.4 is 15.1 Å². The molecule has 3 aromatic rings. The van der Waals surface area contributed by atoms with E-state index < -0.39 is 0 Å². The van der Waals surface area contributed by atoms with Crippen LogP contribution in [0.4, 0.5) is 17.3 Å². The first-order valence-corrected chi connectivity index (χ1v) is 11.1. The fraction of sp³-hybridized carbons (Fsp3) is 0.440. The highest BCUT2D eigenvalue weighted by Crippen LogP contribution is 2.24. The van der Waals surface area contributed by atoms with Gasteiger partial charge >= 0.3 is 0 Å². The highest BCUT2D eigenvalue weighted by Gasteiger charge is 2.14. The maximum Gasteiger partial charge on any atom is 0.151 e. The molecule has 0 aliphatic heterocycles. The summed E-state index contributed by atoms with van der Waals surface area (Å²) in [5, 5.41) is 4.65. The number of carbonyl (C=O) groups is 1. The lowest BCUT2D eigenvalue weighted by atomic mass is 10.0. The molecule has 0 spiro atoms. The lowest BCUT2D eigenvalue weighted by Crippen LogP contribution is -2.27. The van der Waals surface area contributed by atoms with E-state index in [1.165, 1.54) is 5.39 Å².